The predicted molar refractivity (Wildman–Crippen MR) is 91.6 cm³/mol. The number of amides is 1. The second kappa shape index (κ2) is 7.20. The molecule has 3 rings (SSSR count). The van der Waals surface area contributed by atoms with Gasteiger partial charge < -0.3 is 5.32 Å². The molecule has 1 heterocycles. The first kappa shape index (κ1) is 16.1. The van der Waals surface area contributed by atoms with Gasteiger partial charge in [0.05, 0.1) is 22.3 Å². The second-order valence-electron chi connectivity index (χ2n) is 6.37. The molecule has 2 aliphatic rings. The highest BCUT2D eigenvalue weighted by molar-refractivity contribution is 6.39. The average Bonchev–Trinajstić information content (AvgIpc) is 2.51. The molecule has 1 saturated heterocycles. The van der Waals surface area contributed by atoms with Crippen LogP contribution < -0.4 is 5.32 Å². The maximum absolute atomic E-state index is 12.4. The molecule has 2 atom stereocenters. The number of anilines is 1. The highest BCUT2D eigenvalue weighted by atomic mass is 35.5. The van der Waals surface area contributed by atoms with Crippen LogP contribution >= 0.6 is 23.2 Å². The first-order chi connectivity index (χ1) is 10.6. The molecule has 1 aromatic carbocycles. The standard InChI is InChI=1S/C17H22Cl2N2O/c18-13-7-3-8-14(19)17(13)20-16(22)11-21-10-4-6-12-5-1-2-9-15(12)21/h3,7-8,12,15H,1-2,4-6,9-11H2,(H,20,22)/t12-,15+/m1/s1. The van der Waals surface area contributed by atoms with Crippen LogP contribution in [0.3, 0.4) is 0 Å². The number of carbonyl (C=O) groups is 1. The second-order valence-corrected chi connectivity index (χ2v) is 7.18. The zero-order chi connectivity index (χ0) is 15.5. The molecule has 1 aliphatic carbocycles. The number of nitrogens with one attached hydrogen (secondary N) is 1. The molecular formula is C17H22Cl2N2O. The summed E-state index contributed by atoms with van der Waals surface area (Å²) in [6.45, 7) is 1.45. The summed E-state index contributed by atoms with van der Waals surface area (Å²) < 4.78 is 0. The van der Waals surface area contributed by atoms with Gasteiger partial charge in [0.2, 0.25) is 5.91 Å². The smallest absolute Gasteiger partial charge is 0.238 e. The largest absolute Gasteiger partial charge is 0.322 e. The number of fused-ring (bicyclic) bond motifs is 1. The molecular weight excluding hydrogens is 319 g/mol. The molecule has 0 aromatic heterocycles. The van der Waals surface area contributed by atoms with Crippen molar-refractivity contribution in [3.05, 3.63) is 28.2 Å². The van der Waals surface area contributed by atoms with Crippen LogP contribution in [0.5, 0.6) is 0 Å². The van der Waals surface area contributed by atoms with Gasteiger partial charge >= 0.3 is 0 Å². The minimum atomic E-state index is -0.0266. The van der Waals surface area contributed by atoms with E-state index >= 15 is 0 Å². The van der Waals surface area contributed by atoms with Gasteiger partial charge in [-0.05, 0) is 50.3 Å². The number of para-hydroxylation sites is 1. The fraction of sp³-hybridized carbons (Fsp3) is 0.588. The lowest BCUT2D eigenvalue weighted by molar-refractivity contribution is -0.118. The van der Waals surface area contributed by atoms with E-state index in [0.717, 1.165) is 12.5 Å². The van der Waals surface area contributed by atoms with Crippen LogP contribution in [-0.2, 0) is 4.79 Å². The first-order valence-electron chi connectivity index (χ1n) is 8.13. The molecule has 120 valence electrons. The number of rotatable bonds is 3. The Hall–Kier alpha value is -0.770. The van der Waals surface area contributed by atoms with Gasteiger partial charge in [-0.1, -0.05) is 42.1 Å². The Morgan fingerprint density at radius 1 is 1.14 bits per heavy atom. The van der Waals surface area contributed by atoms with Gasteiger partial charge in [-0.25, -0.2) is 0 Å². The Morgan fingerprint density at radius 3 is 2.59 bits per heavy atom. The number of carbonyl (C=O) groups excluding carboxylic acids is 1. The number of likely N-dealkylation sites (tertiary alicyclic amines) is 1. The minimum absolute atomic E-state index is 0.0266. The van der Waals surface area contributed by atoms with Crippen LogP contribution in [0.4, 0.5) is 5.69 Å². The molecule has 3 nitrogen and oxygen atoms in total. The van der Waals surface area contributed by atoms with E-state index < -0.39 is 0 Å². The lowest BCUT2D eigenvalue weighted by Crippen LogP contribution is -2.49. The highest BCUT2D eigenvalue weighted by Crippen LogP contribution is 2.35. The van der Waals surface area contributed by atoms with Crippen molar-refractivity contribution in [1.82, 2.24) is 4.90 Å². The van der Waals surface area contributed by atoms with E-state index in [9.17, 15) is 4.79 Å². The summed E-state index contributed by atoms with van der Waals surface area (Å²) in [7, 11) is 0. The molecule has 2 fully saturated rings. The highest BCUT2D eigenvalue weighted by Gasteiger charge is 2.33. The van der Waals surface area contributed by atoms with Crippen LogP contribution in [0.15, 0.2) is 18.2 Å². The van der Waals surface area contributed by atoms with Gasteiger partial charge in [-0.15, -0.1) is 0 Å². The van der Waals surface area contributed by atoms with E-state index in [-0.39, 0.29) is 5.91 Å². The van der Waals surface area contributed by atoms with Crippen molar-refractivity contribution >= 4 is 34.8 Å². The molecule has 0 spiro atoms. The number of piperidine rings is 1. The van der Waals surface area contributed by atoms with Crippen LogP contribution in [0.2, 0.25) is 10.0 Å². The molecule has 0 bridgehead atoms. The number of hydrogen-bond acceptors (Lipinski definition) is 2. The number of hydrogen-bond donors (Lipinski definition) is 1. The molecule has 0 radical (unpaired) electrons. The molecule has 5 heteroatoms. The Kier molecular flexibility index (Phi) is 5.27. The predicted octanol–water partition coefficient (Wildman–Crippen LogP) is 4.59. The molecule has 1 aromatic rings. The van der Waals surface area contributed by atoms with Crippen LogP contribution in [-0.4, -0.2) is 29.9 Å². The van der Waals surface area contributed by atoms with Crippen LogP contribution in [0.1, 0.15) is 38.5 Å². The molecule has 0 unspecified atom stereocenters. The van der Waals surface area contributed by atoms with Gasteiger partial charge in [-0.3, -0.25) is 9.69 Å². The van der Waals surface area contributed by atoms with Gasteiger partial charge in [-0.2, -0.15) is 0 Å². The third-order valence-electron chi connectivity index (χ3n) is 4.93. The van der Waals surface area contributed by atoms with Crippen molar-refractivity contribution in [2.45, 2.75) is 44.6 Å². The van der Waals surface area contributed by atoms with Gasteiger partial charge in [0, 0.05) is 6.04 Å². The van der Waals surface area contributed by atoms with Crippen molar-refractivity contribution in [2.75, 3.05) is 18.4 Å². The fourth-order valence-corrected chi connectivity index (χ4v) is 4.40. The summed E-state index contributed by atoms with van der Waals surface area (Å²) in [5.74, 6) is 0.750. The van der Waals surface area contributed by atoms with Crippen LogP contribution in [0, 0.1) is 5.92 Å². The van der Waals surface area contributed by atoms with E-state index in [4.69, 9.17) is 23.2 Å². The van der Waals surface area contributed by atoms with Gasteiger partial charge in [0.15, 0.2) is 0 Å². The number of benzene rings is 1. The van der Waals surface area contributed by atoms with Gasteiger partial charge in [0.1, 0.15) is 0 Å². The van der Waals surface area contributed by atoms with Crippen molar-refractivity contribution < 1.29 is 4.79 Å². The zero-order valence-electron chi connectivity index (χ0n) is 12.7. The minimum Gasteiger partial charge on any atom is -0.322 e. The van der Waals surface area contributed by atoms with Crippen molar-refractivity contribution in [1.29, 1.82) is 0 Å². The van der Waals surface area contributed by atoms with Crippen molar-refractivity contribution in [2.24, 2.45) is 5.92 Å². The van der Waals surface area contributed by atoms with E-state index in [1.807, 2.05) is 0 Å². The Bertz CT molecular complexity index is 527. The molecule has 22 heavy (non-hydrogen) atoms. The Balaban J connectivity index is 1.63. The number of nitrogens with zero attached hydrogens (tertiary/aromatic N) is 1. The summed E-state index contributed by atoms with van der Waals surface area (Å²) in [4.78, 5) is 14.7. The SMILES string of the molecule is O=C(CN1CCC[C@H]2CCCC[C@@H]21)Nc1c(Cl)cccc1Cl. The molecule has 1 saturated carbocycles. The zero-order valence-corrected chi connectivity index (χ0v) is 14.2. The van der Waals surface area contributed by atoms with E-state index in [1.165, 1.54) is 38.5 Å². The Morgan fingerprint density at radius 2 is 1.82 bits per heavy atom. The fourth-order valence-electron chi connectivity index (χ4n) is 3.90. The maximum Gasteiger partial charge on any atom is 0.238 e. The maximum atomic E-state index is 12.4. The molecule has 1 amide bonds. The van der Waals surface area contributed by atoms with E-state index in [1.54, 1.807) is 18.2 Å². The number of halogens is 2. The third-order valence-corrected chi connectivity index (χ3v) is 5.56. The Labute approximate surface area is 142 Å². The molecule has 1 N–H and O–H groups in total. The average molecular weight is 341 g/mol. The normalized spacial score (nSPS) is 25.5. The summed E-state index contributed by atoms with van der Waals surface area (Å²) in [6.07, 6.45) is 7.69. The first-order valence-corrected chi connectivity index (χ1v) is 8.88. The summed E-state index contributed by atoms with van der Waals surface area (Å²) >= 11 is 12.2. The van der Waals surface area contributed by atoms with E-state index in [0.29, 0.717) is 28.3 Å². The van der Waals surface area contributed by atoms with Crippen LogP contribution in [0.25, 0.3) is 0 Å². The quantitative estimate of drug-likeness (QED) is 0.872. The van der Waals surface area contributed by atoms with Crippen molar-refractivity contribution in [3.8, 4) is 0 Å². The monoisotopic (exact) mass is 340 g/mol. The van der Waals surface area contributed by atoms with E-state index in [2.05, 4.69) is 10.2 Å². The topological polar surface area (TPSA) is 32.3 Å². The third kappa shape index (κ3) is 3.58. The summed E-state index contributed by atoms with van der Waals surface area (Å²) in [6, 6.07) is 5.83. The summed E-state index contributed by atoms with van der Waals surface area (Å²) in [5, 5.41) is 3.84. The summed E-state index contributed by atoms with van der Waals surface area (Å²) in [5.41, 5.74) is 0.521. The van der Waals surface area contributed by atoms with Crippen molar-refractivity contribution in [3.63, 3.8) is 0 Å². The lowest BCUT2D eigenvalue weighted by atomic mass is 9.78. The van der Waals surface area contributed by atoms with Gasteiger partial charge in [0.25, 0.3) is 0 Å². The molecule has 1 aliphatic heterocycles. The lowest BCUT2D eigenvalue weighted by Gasteiger charge is -2.43.